The molecule has 112 valence electrons. The van der Waals surface area contributed by atoms with Gasteiger partial charge in [0.15, 0.2) is 0 Å². The predicted molar refractivity (Wildman–Crippen MR) is 82.8 cm³/mol. The van der Waals surface area contributed by atoms with Gasteiger partial charge in [0.2, 0.25) is 5.88 Å². The fourth-order valence-electron chi connectivity index (χ4n) is 2.70. The monoisotopic (exact) mass is 276 g/mol. The zero-order valence-corrected chi connectivity index (χ0v) is 13.1. The molecule has 1 aliphatic rings. The summed E-state index contributed by atoms with van der Waals surface area (Å²) in [4.78, 5) is 4.44. The second-order valence-electron chi connectivity index (χ2n) is 6.45. The number of pyridine rings is 1. The lowest BCUT2D eigenvalue weighted by molar-refractivity contribution is 0.0975. The molecule has 1 heterocycles. The first kappa shape index (κ1) is 15.3. The van der Waals surface area contributed by atoms with Gasteiger partial charge < -0.3 is 10.1 Å². The van der Waals surface area contributed by atoms with Crippen LogP contribution in [0.1, 0.15) is 52.0 Å². The van der Waals surface area contributed by atoms with E-state index < -0.39 is 0 Å². The van der Waals surface area contributed by atoms with Crippen LogP contribution in [0.2, 0.25) is 0 Å². The summed E-state index contributed by atoms with van der Waals surface area (Å²) in [6.07, 6.45) is 7.35. The summed E-state index contributed by atoms with van der Waals surface area (Å²) < 4.78 is 6.03. The lowest BCUT2D eigenvalue weighted by Crippen LogP contribution is -2.28. The van der Waals surface area contributed by atoms with Gasteiger partial charge in [-0.2, -0.15) is 0 Å². The average Bonchev–Trinajstić information content (AvgIpc) is 2.43. The van der Waals surface area contributed by atoms with E-state index in [1.807, 2.05) is 12.3 Å². The highest BCUT2D eigenvalue weighted by Crippen LogP contribution is 2.27. The summed E-state index contributed by atoms with van der Waals surface area (Å²) in [6.45, 7) is 8.64. The molecule has 1 aliphatic carbocycles. The smallest absolute Gasteiger partial charge is 0.213 e. The van der Waals surface area contributed by atoms with Crippen LogP contribution in [0.25, 0.3) is 0 Å². The molecule has 2 unspecified atom stereocenters. The first-order valence-corrected chi connectivity index (χ1v) is 7.97. The molecule has 2 atom stereocenters. The Bertz CT molecular complexity index is 388. The number of aromatic nitrogens is 1. The van der Waals surface area contributed by atoms with Gasteiger partial charge in [-0.15, -0.1) is 0 Å². The second-order valence-corrected chi connectivity index (χ2v) is 6.45. The van der Waals surface area contributed by atoms with E-state index in [0.29, 0.717) is 17.9 Å². The van der Waals surface area contributed by atoms with Crippen molar-refractivity contribution >= 4 is 0 Å². The van der Waals surface area contributed by atoms with Gasteiger partial charge in [0.1, 0.15) is 6.10 Å². The molecule has 0 bridgehead atoms. The van der Waals surface area contributed by atoms with E-state index in [2.05, 4.69) is 37.1 Å². The van der Waals surface area contributed by atoms with E-state index in [-0.39, 0.29) is 0 Å². The third-order valence-corrected chi connectivity index (χ3v) is 3.98. The lowest BCUT2D eigenvalue weighted by Gasteiger charge is -2.28. The Morgan fingerprint density at radius 3 is 2.75 bits per heavy atom. The fraction of sp³-hybridized carbons (Fsp3) is 0.706. The van der Waals surface area contributed by atoms with Gasteiger partial charge in [0.25, 0.3) is 0 Å². The summed E-state index contributed by atoms with van der Waals surface area (Å²) in [5.41, 5.74) is 1.22. The normalized spacial score (nSPS) is 23.0. The van der Waals surface area contributed by atoms with E-state index in [0.717, 1.165) is 19.0 Å². The Morgan fingerprint density at radius 1 is 1.30 bits per heavy atom. The van der Waals surface area contributed by atoms with E-state index in [4.69, 9.17) is 4.74 Å². The van der Waals surface area contributed by atoms with Gasteiger partial charge in [-0.3, -0.25) is 0 Å². The van der Waals surface area contributed by atoms with Crippen LogP contribution in [-0.2, 0) is 6.54 Å². The van der Waals surface area contributed by atoms with Crippen LogP contribution >= 0.6 is 0 Å². The molecule has 1 N–H and O–H groups in total. The zero-order chi connectivity index (χ0) is 14.4. The molecule has 1 aromatic rings. The van der Waals surface area contributed by atoms with Gasteiger partial charge >= 0.3 is 0 Å². The zero-order valence-electron chi connectivity index (χ0n) is 13.1. The van der Waals surface area contributed by atoms with Crippen LogP contribution < -0.4 is 10.1 Å². The van der Waals surface area contributed by atoms with Crippen molar-refractivity contribution in [3.63, 3.8) is 0 Å². The Morgan fingerprint density at radius 2 is 2.10 bits per heavy atom. The molecule has 0 saturated heterocycles. The lowest BCUT2D eigenvalue weighted by atomic mass is 9.88. The Balaban J connectivity index is 1.81. The van der Waals surface area contributed by atoms with Crippen LogP contribution in [0.3, 0.4) is 0 Å². The Kier molecular flexibility index (Phi) is 5.84. The average molecular weight is 276 g/mol. The molecular weight excluding hydrogens is 248 g/mol. The predicted octanol–water partition coefficient (Wildman–Crippen LogP) is 3.78. The first-order chi connectivity index (χ1) is 9.65. The summed E-state index contributed by atoms with van der Waals surface area (Å²) >= 11 is 0. The van der Waals surface area contributed by atoms with Gasteiger partial charge in [-0.1, -0.05) is 33.3 Å². The molecule has 3 heteroatoms. The van der Waals surface area contributed by atoms with Crippen molar-refractivity contribution in [1.29, 1.82) is 0 Å². The largest absolute Gasteiger partial charge is 0.474 e. The molecule has 0 spiro atoms. The van der Waals surface area contributed by atoms with Crippen LogP contribution in [-0.4, -0.2) is 17.6 Å². The van der Waals surface area contributed by atoms with E-state index in [1.54, 1.807) is 0 Å². The van der Waals surface area contributed by atoms with Crippen LogP contribution in [0.5, 0.6) is 5.88 Å². The van der Waals surface area contributed by atoms with Crippen molar-refractivity contribution < 1.29 is 4.74 Å². The Labute approximate surface area is 123 Å². The highest BCUT2D eigenvalue weighted by molar-refractivity contribution is 5.18. The van der Waals surface area contributed by atoms with Crippen molar-refractivity contribution in [2.24, 2.45) is 11.8 Å². The molecule has 2 rings (SSSR count). The molecule has 1 fully saturated rings. The highest BCUT2D eigenvalue weighted by atomic mass is 16.5. The summed E-state index contributed by atoms with van der Waals surface area (Å²) in [6, 6.07) is 4.12. The van der Waals surface area contributed by atoms with Gasteiger partial charge in [0.05, 0.1) is 0 Å². The molecule has 0 aliphatic heterocycles. The van der Waals surface area contributed by atoms with Crippen LogP contribution in [0.15, 0.2) is 18.3 Å². The number of hydrogen-bond donors (Lipinski definition) is 1. The van der Waals surface area contributed by atoms with Crippen LogP contribution in [0, 0.1) is 11.8 Å². The second kappa shape index (κ2) is 7.63. The fourth-order valence-corrected chi connectivity index (χ4v) is 2.70. The van der Waals surface area contributed by atoms with Crippen LogP contribution in [0.4, 0.5) is 0 Å². The topological polar surface area (TPSA) is 34.1 Å². The molecule has 0 aromatic carbocycles. The number of rotatable bonds is 6. The minimum atomic E-state index is 0.348. The minimum absolute atomic E-state index is 0.348. The maximum Gasteiger partial charge on any atom is 0.213 e. The number of ether oxygens (including phenoxy) is 1. The van der Waals surface area contributed by atoms with E-state index >= 15 is 0 Å². The third kappa shape index (κ3) is 4.78. The molecule has 3 nitrogen and oxygen atoms in total. The molecular formula is C17H28N2O. The summed E-state index contributed by atoms with van der Waals surface area (Å²) in [7, 11) is 0. The molecule has 0 radical (unpaired) electrons. The number of nitrogens with one attached hydrogen (secondary N) is 1. The molecule has 0 amide bonds. The van der Waals surface area contributed by atoms with Crippen molar-refractivity contribution in [3.8, 4) is 5.88 Å². The van der Waals surface area contributed by atoms with Gasteiger partial charge in [0, 0.05) is 18.8 Å². The number of hydrogen-bond acceptors (Lipinski definition) is 3. The molecule has 1 aromatic heterocycles. The highest BCUT2D eigenvalue weighted by Gasteiger charge is 2.23. The van der Waals surface area contributed by atoms with Crippen molar-refractivity contribution in [1.82, 2.24) is 10.3 Å². The molecule has 20 heavy (non-hydrogen) atoms. The SMILES string of the molecule is CC(C)CNCc1ccc(OC2CCCCC2C)nc1. The van der Waals surface area contributed by atoms with Crippen molar-refractivity contribution in [3.05, 3.63) is 23.9 Å². The minimum Gasteiger partial charge on any atom is -0.474 e. The Hall–Kier alpha value is -1.09. The standard InChI is InChI=1S/C17H28N2O/c1-13(2)10-18-11-15-8-9-17(19-12-15)20-16-7-5-4-6-14(16)3/h8-9,12-14,16,18H,4-7,10-11H2,1-3H3. The van der Waals surface area contributed by atoms with E-state index in [1.165, 1.54) is 31.2 Å². The number of nitrogens with zero attached hydrogens (tertiary/aromatic N) is 1. The third-order valence-electron chi connectivity index (χ3n) is 3.98. The van der Waals surface area contributed by atoms with E-state index in [9.17, 15) is 0 Å². The molecule has 1 saturated carbocycles. The van der Waals surface area contributed by atoms with Gasteiger partial charge in [-0.25, -0.2) is 4.98 Å². The quantitative estimate of drug-likeness (QED) is 0.858. The summed E-state index contributed by atoms with van der Waals surface area (Å²) in [5, 5.41) is 3.43. The first-order valence-electron chi connectivity index (χ1n) is 7.97. The maximum absolute atomic E-state index is 6.03. The van der Waals surface area contributed by atoms with Gasteiger partial charge in [-0.05, 0) is 43.2 Å². The summed E-state index contributed by atoms with van der Waals surface area (Å²) in [5.74, 6) is 2.10. The van der Waals surface area contributed by atoms with Crippen molar-refractivity contribution in [2.75, 3.05) is 6.54 Å². The van der Waals surface area contributed by atoms with Crippen molar-refractivity contribution in [2.45, 2.75) is 59.1 Å². The maximum atomic E-state index is 6.03.